The van der Waals surface area contributed by atoms with Gasteiger partial charge in [0, 0.05) is 18.2 Å². The fourth-order valence-corrected chi connectivity index (χ4v) is 2.35. The smallest absolute Gasteiger partial charge is 0.340 e. The number of aromatic nitrogens is 3. The molecule has 0 radical (unpaired) electrons. The van der Waals surface area contributed by atoms with Crippen molar-refractivity contribution in [1.82, 2.24) is 20.5 Å². The first kappa shape index (κ1) is 25.0. The number of alkyl halides is 4. The molecule has 2 aromatic heterocycles. The molecule has 0 aliphatic rings. The number of halogens is 4. The van der Waals surface area contributed by atoms with Gasteiger partial charge in [-0.2, -0.15) is 13.9 Å². The van der Waals surface area contributed by atoms with Crippen LogP contribution in [0.4, 0.5) is 23.4 Å². The second kappa shape index (κ2) is 10.8. The van der Waals surface area contributed by atoms with Crippen LogP contribution in [0.1, 0.15) is 38.1 Å². The Bertz CT molecular complexity index is 926. The van der Waals surface area contributed by atoms with Crippen LogP contribution in [0.5, 0.6) is 5.88 Å². The molecule has 0 saturated heterocycles. The molecule has 2 amide bonds. The third-order valence-corrected chi connectivity index (χ3v) is 4.21. The van der Waals surface area contributed by atoms with Gasteiger partial charge in [0.15, 0.2) is 6.61 Å². The third-order valence-electron chi connectivity index (χ3n) is 4.21. The number of carbonyl (C=O) groups excluding carboxylic acids is 2. The normalized spacial score (nSPS) is 12.5. The van der Waals surface area contributed by atoms with Gasteiger partial charge in [-0.15, -0.1) is 5.10 Å². The highest BCUT2D eigenvalue weighted by Gasteiger charge is 2.41. The summed E-state index contributed by atoms with van der Waals surface area (Å²) in [5.41, 5.74) is 0.935. The molecule has 2 heterocycles. The lowest BCUT2D eigenvalue weighted by Gasteiger charge is -2.16. The van der Waals surface area contributed by atoms with Crippen LogP contribution in [0.25, 0.3) is 0 Å². The van der Waals surface area contributed by atoms with Crippen molar-refractivity contribution in [3.05, 3.63) is 41.7 Å². The molecule has 0 bridgehead atoms. The zero-order chi connectivity index (χ0) is 23.9. The van der Waals surface area contributed by atoms with E-state index in [1.807, 2.05) is 0 Å². The molecule has 1 unspecified atom stereocenters. The second-order valence-electron chi connectivity index (χ2n) is 7.30. The number of hydrogen-bond acceptors (Lipinski definition) is 6. The van der Waals surface area contributed by atoms with E-state index in [2.05, 4.69) is 30.6 Å². The standard InChI is InChI=1S/C20H23F4N5O3/c1-11(2)18(31)27-15-8-13(6-7-25-15)12(3)26-16(30)9-14-4-5-17(29-28-14)32-10-20(23,24)19(21)22/h4-8,11-12,19H,9-10H2,1-3H3,(H,26,30)(H,25,27,31). The predicted octanol–water partition coefficient (Wildman–Crippen LogP) is 3.17. The molecule has 2 N–H and O–H groups in total. The summed E-state index contributed by atoms with van der Waals surface area (Å²) in [6.45, 7) is 3.71. The van der Waals surface area contributed by atoms with Crippen LogP contribution in [0.2, 0.25) is 0 Å². The topological polar surface area (TPSA) is 106 Å². The summed E-state index contributed by atoms with van der Waals surface area (Å²) in [6, 6.07) is 5.41. The SMILES string of the molecule is CC(C)C(=O)Nc1cc(C(C)NC(=O)Cc2ccc(OCC(F)(F)C(F)F)nn2)ccn1. The minimum Gasteiger partial charge on any atom is -0.470 e. The zero-order valence-electron chi connectivity index (χ0n) is 17.6. The highest BCUT2D eigenvalue weighted by atomic mass is 19.3. The quantitative estimate of drug-likeness (QED) is 0.531. The summed E-state index contributed by atoms with van der Waals surface area (Å²) >= 11 is 0. The summed E-state index contributed by atoms with van der Waals surface area (Å²) in [5.74, 6) is -5.10. The Morgan fingerprint density at radius 1 is 1.12 bits per heavy atom. The molecule has 8 nitrogen and oxygen atoms in total. The molecule has 0 saturated carbocycles. The number of anilines is 1. The Kier molecular flexibility index (Phi) is 8.44. The van der Waals surface area contributed by atoms with Crippen molar-refractivity contribution < 1.29 is 31.9 Å². The molecular weight excluding hydrogens is 434 g/mol. The van der Waals surface area contributed by atoms with Gasteiger partial charge in [0.1, 0.15) is 5.82 Å². The number of nitrogens with one attached hydrogen (secondary N) is 2. The van der Waals surface area contributed by atoms with Crippen LogP contribution in [0.15, 0.2) is 30.5 Å². The van der Waals surface area contributed by atoms with E-state index < -0.39 is 30.9 Å². The van der Waals surface area contributed by atoms with E-state index in [4.69, 9.17) is 0 Å². The number of carbonyl (C=O) groups is 2. The summed E-state index contributed by atoms with van der Waals surface area (Å²) in [7, 11) is 0. The van der Waals surface area contributed by atoms with Gasteiger partial charge in [-0.05, 0) is 30.7 Å². The van der Waals surface area contributed by atoms with E-state index in [9.17, 15) is 27.2 Å². The van der Waals surface area contributed by atoms with E-state index in [1.54, 1.807) is 32.9 Å². The molecule has 0 aliphatic heterocycles. The lowest BCUT2D eigenvalue weighted by molar-refractivity contribution is -0.148. The van der Waals surface area contributed by atoms with Crippen molar-refractivity contribution in [2.45, 2.75) is 45.6 Å². The van der Waals surface area contributed by atoms with E-state index >= 15 is 0 Å². The first-order valence-electron chi connectivity index (χ1n) is 9.65. The minimum atomic E-state index is -4.30. The van der Waals surface area contributed by atoms with Crippen molar-refractivity contribution in [3.8, 4) is 5.88 Å². The van der Waals surface area contributed by atoms with Crippen molar-refractivity contribution >= 4 is 17.6 Å². The van der Waals surface area contributed by atoms with Crippen LogP contribution in [0.3, 0.4) is 0 Å². The maximum Gasteiger partial charge on any atom is 0.340 e. The second-order valence-corrected chi connectivity index (χ2v) is 7.30. The Hall–Kier alpha value is -3.31. The van der Waals surface area contributed by atoms with Gasteiger partial charge < -0.3 is 15.4 Å². The molecule has 174 valence electrons. The number of amides is 2. The monoisotopic (exact) mass is 457 g/mol. The molecule has 2 rings (SSSR count). The van der Waals surface area contributed by atoms with Gasteiger partial charge in [-0.3, -0.25) is 9.59 Å². The molecule has 32 heavy (non-hydrogen) atoms. The number of pyridine rings is 1. The van der Waals surface area contributed by atoms with Crippen LogP contribution < -0.4 is 15.4 Å². The molecule has 0 aromatic carbocycles. The van der Waals surface area contributed by atoms with E-state index in [-0.39, 0.29) is 29.8 Å². The zero-order valence-corrected chi connectivity index (χ0v) is 17.6. The summed E-state index contributed by atoms with van der Waals surface area (Å²) in [4.78, 5) is 28.2. The van der Waals surface area contributed by atoms with Crippen molar-refractivity contribution in [2.24, 2.45) is 5.92 Å². The van der Waals surface area contributed by atoms with E-state index in [0.717, 1.165) is 6.07 Å². The van der Waals surface area contributed by atoms with Gasteiger partial charge in [0.25, 0.3) is 0 Å². The van der Waals surface area contributed by atoms with Crippen molar-refractivity contribution in [3.63, 3.8) is 0 Å². The molecule has 0 fully saturated rings. The van der Waals surface area contributed by atoms with Crippen molar-refractivity contribution in [1.29, 1.82) is 0 Å². The predicted molar refractivity (Wildman–Crippen MR) is 106 cm³/mol. The van der Waals surface area contributed by atoms with Crippen LogP contribution in [0, 0.1) is 5.92 Å². The van der Waals surface area contributed by atoms with Crippen LogP contribution in [-0.4, -0.2) is 46.0 Å². The van der Waals surface area contributed by atoms with Gasteiger partial charge in [-0.1, -0.05) is 13.8 Å². The Balaban J connectivity index is 1.90. The first-order chi connectivity index (χ1) is 15.0. The number of ether oxygens (including phenoxy) is 1. The highest BCUT2D eigenvalue weighted by molar-refractivity contribution is 5.91. The summed E-state index contributed by atoms with van der Waals surface area (Å²) in [6.07, 6.45) is -2.51. The number of nitrogens with zero attached hydrogens (tertiary/aromatic N) is 3. The van der Waals surface area contributed by atoms with Gasteiger partial charge in [0.05, 0.1) is 18.2 Å². The molecule has 0 aliphatic carbocycles. The fraction of sp³-hybridized carbons (Fsp3) is 0.450. The summed E-state index contributed by atoms with van der Waals surface area (Å²) < 4.78 is 54.5. The maximum atomic E-state index is 12.9. The van der Waals surface area contributed by atoms with Crippen LogP contribution >= 0.6 is 0 Å². The number of hydrogen-bond donors (Lipinski definition) is 2. The largest absolute Gasteiger partial charge is 0.470 e. The fourth-order valence-electron chi connectivity index (χ4n) is 2.35. The molecule has 1 atom stereocenters. The third kappa shape index (κ3) is 7.43. The maximum absolute atomic E-state index is 12.9. The minimum absolute atomic E-state index is 0.160. The average molecular weight is 457 g/mol. The Labute approximate surface area is 181 Å². The average Bonchev–Trinajstić information content (AvgIpc) is 2.73. The molecule has 2 aromatic rings. The lowest BCUT2D eigenvalue weighted by atomic mass is 10.1. The Morgan fingerprint density at radius 2 is 1.84 bits per heavy atom. The van der Waals surface area contributed by atoms with Gasteiger partial charge in [-0.25, -0.2) is 13.8 Å². The highest BCUT2D eigenvalue weighted by Crippen LogP contribution is 2.23. The first-order valence-corrected chi connectivity index (χ1v) is 9.65. The molecule has 0 spiro atoms. The van der Waals surface area contributed by atoms with E-state index in [0.29, 0.717) is 11.4 Å². The molecule has 12 heteroatoms. The Morgan fingerprint density at radius 3 is 2.44 bits per heavy atom. The molecular formula is C20H23F4N5O3. The summed E-state index contributed by atoms with van der Waals surface area (Å²) in [5, 5.41) is 12.6. The van der Waals surface area contributed by atoms with Crippen LogP contribution in [-0.2, 0) is 16.0 Å². The van der Waals surface area contributed by atoms with E-state index in [1.165, 1.54) is 12.3 Å². The van der Waals surface area contributed by atoms with Crippen molar-refractivity contribution in [2.75, 3.05) is 11.9 Å². The van der Waals surface area contributed by atoms with Gasteiger partial charge in [0.2, 0.25) is 17.7 Å². The lowest BCUT2D eigenvalue weighted by Crippen LogP contribution is -2.34. The van der Waals surface area contributed by atoms with Gasteiger partial charge >= 0.3 is 12.3 Å². The number of rotatable bonds is 10.